The quantitative estimate of drug-likeness (QED) is 0.829. The average molecular weight is 319 g/mol. The topological polar surface area (TPSA) is 104 Å². The number of piperidine rings is 1. The second-order valence-electron chi connectivity index (χ2n) is 6.09. The minimum Gasteiger partial charge on any atom is -0.396 e. The molecule has 23 heavy (non-hydrogen) atoms. The van der Waals surface area contributed by atoms with Gasteiger partial charge in [0.2, 0.25) is 5.82 Å². The molecule has 2 atom stereocenters. The van der Waals surface area contributed by atoms with Gasteiger partial charge in [0.1, 0.15) is 0 Å². The molecule has 3 heterocycles. The molecule has 1 amide bonds. The third-order valence-electron chi connectivity index (χ3n) is 4.64. The third kappa shape index (κ3) is 2.79. The fourth-order valence-corrected chi connectivity index (χ4v) is 3.22. The van der Waals surface area contributed by atoms with Gasteiger partial charge >= 0.3 is 0 Å². The molecule has 2 N–H and O–H groups in total. The molecule has 2 aromatic heterocycles. The van der Waals surface area contributed by atoms with Crippen LogP contribution in [0.3, 0.4) is 0 Å². The Morgan fingerprint density at radius 1 is 1.52 bits per heavy atom. The monoisotopic (exact) mass is 319 g/mol. The van der Waals surface area contributed by atoms with Crippen molar-refractivity contribution in [1.82, 2.24) is 24.5 Å². The Labute approximate surface area is 133 Å². The lowest BCUT2D eigenvalue weighted by atomic mass is 9.73. The van der Waals surface area contributed by atoms with Crippen LogP contribution in [0.2, 0.25) is 0 Å². The Balaban J connectivity index is 1.77. The highest BCUT2D eigenvalue weighted by Gasteiger charge is 2.42. The number of aromatic nitrogens is 4. The first-order valence-corrected chi connectivity index (χ1v) is 7.85. The number of β-amino-alcohol motifs (C(OH)–C–C–N with tert-alkyl or cyclic N) is 1. The molecule has 3 rings (SSSR count). The smallest absolute Gasteiger partial charge is 0.293 e. The summed E-state index contributed by atoms with van der Waals surface area (Å²) in [4.78, 5) is 22.3. The maximum atomic E-state index is 12.6. The van der Waals surface area contributed by atoms with E-state index in [0.717, 1.165) is 12.8 Å². The molecule has 0 saturated carbocycles. The van der Waals surface area contributed by atoms with Crippen molar-refractivity contribution in [3.8, 4) is 0 Å². The number of hydrogen-bond acceptors (Lipinski definition) is 6. The van der Waals surface area contributed by atoms with Crippen molar-refractivity contribution in [3.63, 3.8) is 0 Å². The Bertz CT molecular complexity index is 670. The number of amides is 1. The Kier molecular flexibility index (Phi) is 4.27. The van der Waals surface area contributed by atoms with Crippen molar-refractivity contribution >= 4 is 11.7 Å². The summed E-state index contributed by atoms with van der Waals surface area (Å²) in [6, 6.07) is 1.71. The summed E-state index contributed by atoms with van der Waals surface area (Å²) in [5.41, 5.74) is -0.514. The van der Waals surface area contributed by atoms with Gasteiger partial charge < -0.3 is 15.1 Å². The SMILES string of the molecule is CCC[C@]1(CO)CCN(C(=O)c2nc3ncccn3n2)C[C@H]1O. The number of fused-ring (bicyclic) bond motifs is 1. The molecular formula is C15H21N5O3. The lowest BCUT2D eigenvalue weighted by Crippen LogP contribution is -2.54. The molecule has 0 aliphatic carbocycles. The first kappa shape index (κ1) is 15.8. The standard InChI is InChI=1S/C15H21N5O3/c1-2-4-15(10-21)5-8-19(9-11(15)22)13(23)12-17-14-16-6-3-7-20(14)18-12/h3,6-7,11,21-22H,2,4-5,8-10H2,1H3/t11-,15-/m1/s1. The normalized spacial score (nSPS) is 25.0. The molecule has 1 fully saturated rings. The van der Waals surface area contributed by atoms with Crippen molar-refractivity contribution in [2.75, 3.05) is 19.7 Å². The first-order chi connectivity index (χ1) is 11.1. The molecule has 0 unspecified atom stereocenters. The number of aliphatic hydroxyl groups excluding tert-OH is 2. The molecule has 0 bridgehead atoms. The molecule has 0 spiro atoms. The summed E-state index contributed by atoms with van der Waals surface area (Å²) in [5.74, 6) is 0.115. The molecule has 1 aliphatic heterocycles. The van der Waals surface area contributed by atoms with Crippen LogP contribution in [-0.4, -0.2) is 66.4 Å². The van der Waals surface area contributed by atoms with Crippen LogP contribution in [0.5, 0.6) is 0 Å². The number of carbonyl (C=O) groups is 1. The second-order valence-corrected chi connectivity index (χ2v) is 6.09. The van der Waals surface area contributed by atoms with Crippen LogP contribution in [0.25, 0.3) is 5.78 Å². The van der Waals surface area contributed by atoms with E-state index >= 15 is 0 Å². The van der Waals surface area contributed by atoms with Gasteiger partial charge in [-0.3, -0.25) is 4.79 Å². The van der Waals surface area contributed by atoms with Crippen molar-refractivity contribution in [1.29, 1.82) is 0 Å². The van der Waals surface area contributed by atoms with Crippen LogP contribution in [0, 0.1) is 5.41 Å². The number of aliphatic hydroxyl groups is 2. The predicted molar refractivity (Wildman–Crippen MR) is 81.7 cm³/mol. The molecule has 1 saturated heterocycles. The molecule has 1 aliphatic rings. The van der Waals surface area contributed by atoms with Gasteiger partial charge in [-0.2, -0.15) is 4.98 Å². The molecular weight excluding hydrogens is 298 g/mol. The number of nitrogens with zero attached hydrogens (tertiary/aromatic N) is 5. The van der Waals surface area contributed by atoms with E-state index in [9.17, 15) is 15.0 Å². The van der Waals surface area contributed by atoms with Gasteiger partial charge in [0.15, 0.2) is 0 Å². The molecule has 0 radical (unpaired) electrons. The van der Waals surface area contributed by atoms with E-state index in [-0.39, 0.29) is 24.9 Å². The summed E-state index contributed by atoms with van der Waals surface area (Å²) in [7, 11) is 0. The van der Waals surface area contributed by atoms with Gasteiger partial charge in [0.25, 0.3) is 11.7 Å². The lowest BCUT2D eigenvalue weighted by molar-refractivity contribution is -0.0715. The molecule has 0 aromatic carbocycles. The number of rotatable bonds is 4. The van der Waals surface area contributed by atoms with Gasteiger partial charge in [0.05, 0.1) is 12.7 Å². The summed E-state index contributed by atoms with van der Waals surface area (Å²) >= 11 is 0. The largest absolute Gasteiger partial charge is 0.396 e. The molecule has 124 valence electrons. The average Bonchev–Trinajstić information content (AvgIpc) is 3.00. The number of carbonyl (C=O) groups excluding carboxylic acids is 1. The van der Waals surface area contributed by atoms with Gasteiger partial charge in [-0.05, 0) is 18.9 Å². The van der Waals surface area contributed by atoms with E-state index in [1.807, 2.05) is 6.92 Å². The lowest BCUT2D eigenvalue weighted by Gasteiger charge is -2.44. The van der Waals surface area contributed by atoms with Crippen molar-refractivity contribution in [3.05, 3.63) is 24.3 Å². The maximum Gasteiger partial charge on any atom is 0.293 e. The van der Waals surface area contributed by atoms with Crippen molar-refractivity contribution in [2.24, 2.45) is 5.41 Å². The van der Waals surface area contributed by atoms with Crippen LogP contribution in [0.4, 0.5) is 0 Å². The van der Waals surface area contributed by atoms with Gasteiger partial charge in [-0.1, -0.05) is 13.3 Å². The Morgan fingerprint density at radius 3 is 3.00 bits per heavy atom. The summed E-state index contributed by atoms with van der Waals surface area (Å²) < 4.78 is 1.45. The van der Waals surface area contributed by atoms with E-state index in [2.05, 4.69) is 15.1 Å². The van der Waals surface area contributed by atoms with Crippen molar-refractivity contribution < 1.29 is 15.0 Å². The van der Waals surface area contributed by atoms with Crippen LogP contribution in [-0.2, 0) is 0 Å². The van der Waals surface area contributed by atoms with Crippen LogP contribution in [0.1, 0.15) is 36.8 Å². The maximum absolute atomic E-state index is 12.6. The van der Waals surface area contributed by atoms with E-state index in [0.29, 0.717) is 18.7 Å². The van der Waals surface area contributed by atoms with Gasteiger partial charge in [-0.25, -0.2) is 9.50 Å². The zero-order valence-corrected chi connectivity index (χ0v) is 13.1. The summed E-state index contributed by atoms with van der Waals surface area (Å²) in [6.45, 7) is 2.61. The number of hydrogen-bond donors (Lipinski definition) is 2. The minimum absolute atomic E-state index is 0.0689. The van der Waals surface area contributed by atoms with Crippen LogP contribution in [0.15, 0.2) is 18.5 Å². The fourth-order valence-electron chi connectivity index (χ4n) is 3.22. The zero-order chi connectivity index (χ0) is 16.4. The van der Waals surface area contributed by atoms with E-state index < -0.39 is 11.5 Å². The minimum atomic E-state index is -0.750. The van der Waals surface area contributed by atoms with E-state index in [1.54, 1.807) is 23.4 Å². The van der Waals surface area contributed by atoms with Crippen LogP contribution >= 0.6 is 0 Å². The molecule has 8 heteroatoms. The summed E-state index contributed by atoms with van der Waals surface area (Å²) in [6.07, 6.45) is 4.70. The number of likely N-dealkylation sites (tertiary alicyclic amines) is 1. The Morgan fingerprint density at radius 2 is 2.35 bits per heavy atom. The third-order valence-corrected chi connectivity index (χ3v) is 4.64. The van der Waals surface area contributed by atoms with Crippen LogP contribution < -0.4 is 0 Å². The molecule has 2 aromatic rings. The fraction of sp³-hybridized carbons (Fsp3) is 0.600. The summed E-state index contributed by atoms with van der Waals surface area (Å²) in [5, 5.41) is 24.3. The highest BCUT2D eigenvalue weighted by molar-refractivity contribution is 5.91. The van der Waals surface area contributed by atoms with Gasteiger partial charge in [0, 0.05) is 30.9 Å². The highest BCUT2D eigenvalue weighted by atomic mass is 16.3. The highest BCUT2D eigenvalue weighted by Crippen LogP contribution is 2.36. The Hall–Kier alpha value is -2.06. The van der Waals surface area contributed by atoms with E-state index in [1.165, 1.54) is 4.52 Å². The zero-order valence-electron chi connectivity index (χ0n) is 13.1. The predicted octanol–water partition coefficient (Wildman–Crippen LogP) is 0.110. The first-order valence-electron chi connectivity index (χ1n) is 7.85. The molecule has 8 nitrogen and oxygen atoms in total. The van der Waals surface area contributed by atoms with E-state index in [4.69, 9.17) is 0 Å². The second kappa shape index (κ2) is 6.21. The van der Waals surface area contributed by atoms with Gasteiger partial charge in [-0.15, -0.1) is 5.10 Å². The van der Waals surface area contributed by atoms with Crippen molar-refractivity contribution in [2.45, 2.75) is 32.3 Å².